The van der Waals surface area contributed by atoms with Gasteiger partial charge in [0.05, 0.1) is 0 Å². The predicted molar refractivity (Wildman–Crippen MR) is 93.3 cm³/mol. The second-order valence-electron chi connectivity index (χ2n) is 5.86. The summed E-state index contributed by atoms with van der Waals surface area (Å²) in [6.07, 6.45) is 4.27. The summed E-state index contributed by atoms with van der Waals surface area (Å²) in [6, 6.07) is 13.2. The monoisotopic (exact) mass is 309 g/mol. The molecule has 0 aliphatic carbocycles. The summed E-state index contributed by atoms with van der Waals surface area (Å²) in [4.78, 5) is 9.51. The molecule has 0 saturated carbocycles. The molecule has 22 heavy (non-hydrogen) atoms. The van der Waals surface area contributed by atoms with Gasteiger partial charge in [0.15, 0.2) is 5.65 Å². The number of imidazole rings is 1. The normalized spacial score (nSPS) is 16.2. The standard InChI is InChI=1S/C18H19N3S/c1-13-4-2-5-14(12-13)17-20-16-6-3-9-19-18(16)21(17)15-7-10-22-11-8-15/h2-6,9,12,15H,7-8,10-11H2,1H3. The van der Waals surface area contributed by atoms with Gasteiger partial charge in [-0.3, -0.25) is 0 Å². The summed E-state index contributed by atoms with van der Waals surface area (Å²) in [7, 11) is 0. The lowest BCUT2D eigenvalue weighted by Crippen LogP contribution is -2.16. The van der Waals surface area contributed by atoms with E-state index in [1.165, 1.54) is 35.5 Å². The molecule has 2 aromatic heterocycles. The predicted octanol–water partition coefficient (Wildman–Crippen LogP) is 4.47. The van der Waals surface area contributed by atoms with Crippen molar-refractivity contribution in [1.29, 1.82) is 0 Å². The van der Waals surface area contributed by atoms with Crippen LogP contribution in [0.3, 0.4) is 0 Å². The Balaban J connectivity index is 1.93. The quantitative estimate of drug-likeness (QED) is 0.699. The molecule has 0 amide bonds. The maximum absolute atomic E-state index is 4.89. The molecule has 3 aromatic rings. The highest BCUT2D eigenvalue weighted by molar-refractivity contribution is 7.99. The Labute approximate surface area is 134 Å². The number of hydrogen-bond donors (Lipinski definition) is 0. The van der Waals surface area contributed by atoms with Crippen molar-refractivity contribution in [3.05, 3.63) is 48.2 Å². The van der Waals surface area contributed by atoms with Gasteiger partial charge in [-0.25, -0.2) is 9.97 Å². The number of nitrogens with zero attached hydrogens (tertiary/aromatic N) is 3. The van der Waals surface area contributed by atoms with E-state index in [4.69, 9.17) is 4.98 Å². The minimum Gasteiger partial charge on any atom is -0.306 e. The number of fused-ring (bicyclic) bond motifs is 1. The van der Waals surface area contributed by atoms with Gasteiger partial charge in [-0.2, -0.15) is 11.8 Å². The molecule has 1 saturated heterocycles. The van der Waals surface area contributed by atoms with E-state index in [0.717, 1.165) is 17.0 Å². The van der Waals surface area contributed by atoms with E-state index in [-0.39, 0.29) is 0 Å². The molecule has 1 aliphatic rings. The van der Waals surface area contributed by atoms with Crippen LogP contribution in [0.5, 0.6) is 0 Å². The van der Waals surface area contributed by atoms with Crippen molar-refractivity contribution in [3.8, 4) is 11.4 Å². The van der Waals surface area contributed by atoms with Gasteiger partial charge >= 0.3 is 0 Å². The fourth-order valence-electron chi connectivity index (χ4n) is 3.21. The molecule has 0 atom stereocenters. The Bertz CT molecular complexity index is 803. The molecule has 112 valence electrons. The van der Waals surface area contributed by atoms with Gasteiger partial charge in [0.25, 0.3) is 0 Å². The van der Waals surface area contributed by atoms with E-state index in [0.29, 0.717) is 6.04 Å². The van der Waals surface area contributed by atoms with Crippen LogP contribution in [0.2, 0.25) is 0 Å². The molecule has 0 bridgehead atoms. The zero-order valence-corrected chi connectivity index (χ0v) is 13.5. The number of rotatable bonds is 2. The zero-order chi connectivity index (χ0) is 14.9. The lowest BCUT2D eigenvalue weighted by molar-refractivity contribution is 0.483. The van der Waals surface area contributed by atoms with Crippen LogP contribution in [-0.4, -0.2) is 26.0 Å². The second kappa shape index (κ2) is 5.76. The van der Waals surface area contributed by atoms with E-state index in [2.05, 4.69) is 58.6 Å². The largest absolute Gasteiger partial charge is 0.306 e. The average Bonchev–Trinajstić information content (AvgIpc) is 2.95. The molecular weight excluding hydrogens is 290 g/mol. The van der Waals surface area contributed by atoms with Gasteiger partial charge in [0.2, 0.25) is 0 Å². The molecule has 0 spiro atoms. The van der Waals surface area contributed by atoms with Crippen molar-refractivity contribution >= 4 is 22.9 Å². The summed E-state index contributed by atoms with van der Waals surface area (Å²) < 4.78 is 2.38. The maximum atomic E-state index is 4.89. The number of aryl methyl sites for hydroxylation is 1. The van der Waals surface area contributed by atoms with Gasteiger partial charge in [0.1, 0.15) is 11.3 Å². The van der Waals surface area contributed by atoms with Gasteiger partial charge < -0.3 is 4.57 Å². The average molecular weight is 309 g/mol. The Hall–Kier alpha value is -1.81. The van der Waals surface area contributed by atoms with Crippen molar-refractivity contribution < 1.29 is 0 Å². The summed E-state index contributed by atoms with van der Waals surface area (Å²) in [5, 5.41) is 0. The highest BCUT2D eigenvalue weighted by Crippen LogP contribution is 2.34. The van der Waals surface area contributed by atoms with Crippen LogP contribution in [0.4, 0.5) is 0 Å². The van der Waals surface area contributed by atoms with Crippen LogP contribution in [0.15, 0.2) is 42.6 Å². The summed E-state index contributed by atoms with van der Waals surface area (Å²) in [5.74, 6) is 3.52. The molecule has 1 fully saturated rings. The van der Waals surface area contributed by atoms with E-state index < -0.39 is 0 Å². The lowest BCUT2D eigenvalue weighted by Gasteiger charge is -2.25. The van der Waals surface area contributed by atoms with Gasteiger partial charge in [0, 0.05) is 17.8 Å². The number of pyridine rings is 1. The topological polar surface area (TPSA) is 30.7 Å². The van der Waals surface area contributed by atoms with Crippen LogP contribution < -0.4 is 0 Å². The fraction of sp³-hybridized carbons (Fsp3) is 0.333. The van der Waals surface area contributed by atoms with Gasteiger partial charge in [-0.05, 0) is 49.5 Å². The van der Waals surface area contributed by atoms with Gasteiger partial charge in [-0.15, -0.1) is 0 Å². The Morgan fingerprint density at radius 3 is 2.82 bits per heavy atom. The molecule has 3 heterocycles. The highest BCUT2D eigenvalue weighted by atomic mass is 32.2. The third-order valence-electron chi connectivity index (χ3n) is 4.28. The van der Waals surface area contributed by atoms with Crippen molar-refractivity contribution in [1.82, 2.24) is 14.5 Å². The van der Waals surface area contributed by atoms with Crippen LogP contribution in [0, 0.1) is 6.92 Å². The minimum absolute atomic E-state index is 0.511. The van der Waals surface area contributed by atoms with E-state index >= 15 is 0 Å². The molecule has 3 nitrogen and oxygen atoms in total. The Morgan fingerprint density at radius 2 is 2.00 bits per heavy atom. The zero-order valence-electron chi connectivity index (χ0n) is 12.7. The molecule has 0 unspecified atom stereocenters. The minimum atomic E-state index is 0.511. The first kappa shape index (κ1) is 13.8. The number of aromatic nitrogens is 3. The smallest absolute Gasteiger partial charge is 0.160 e. The second-order valence-corrected chi connectivity index (χ2v) is 7.09. The molecule has 4 heteroatoms. The van der Waals surface area contributed by atoms with Crippen LogP contribution >= 0.6 is 11.8 Å². The molecule has 1 aromatic carbocycles. The number of hydrogen-bond acceptors (Lipinski definition) is 3. The van der Waals surface area contributed by atoms with Crippen molar-refractivity contribution in [2.45, 2.75) is 25.8 Å². The van der Waals surface area contributed by atoms with E-state index in [1.54, 1.807) is 0 Å². The third kappa shape index (κ3) is 2.41. The fourth-order valence-corrected chi connectivity index (χ4v) is 4.29. The van der Waals surface area contributed by atoms with E-state index in [1.807, 2.05) is 12.3 Å². The van der Waals surface area contributed by atoms with Crippen LogP contribution in [0.1, 0.15) is 24.4 Å². The summed E-state index contributed by atoms with van der Waals surface area (Å²) in [6.45, 7) is 2.13. The maximum Gasteiger partial charge on any atom is 0.160 e. The SMILES string of the molecule is Cc1cccc(-c2nc3cccnc3n2C2CCSCC2)c1. The lowest BCUT2D eigenvalue weighted by atomic mass is 10.1. The molecule has 1 aliphatic heterocycles. The summed E-state index contributed by atoms with van der Waals surface area (Å²) >= 11 is 2.05. The summed E-state index contributed by atoms with van der Waals surface area (Å²) in [5.41, 5.74) is 4.48. The van der Waals surface area contributed by atoms with Crippen LogP contribution in [0.25, 0.3) is 22.6 Å². The first-order valence-electron chi connectivity index (χ1n) is 7.80. The third-order valence-corrected chi connectivity index (χ3v) is 5.33. The first-order chi connectivity index (χ1) is 10.8. The van der Waals surface area contributed by atoms with Crippen LogP contribution in [-0.2, 0) is 0 Å². The van der Waals surface area contributed by atoms with E-state index in [9.17, 15) is 0 Å². The number of thioether (sulfide) groups is 1. The molecule has 0 radical (unpaired) electrons. The van der Waals surface area contributed by atoms with Crippen molar-refractivity contribution in [2.24, 2.45) is 0 Å². The number of benzene rings is 1. The molecular formula is C18H19N3S. The Kier molecular flexibility index (Phi) is 3.62. The van der Waals surface area contributed by atoms with Crippen molar-refractivity contribution in [3.63, 3.8) is 0 Å². The Morgan fingerprint density at radius 1 is 1.14 bits per heavy atom. The molecule has 0 N–H and O–H groups in total. The molecule has 4 rings (SSSR count). The van der Waals surface area contributed by atoms with Gasteiger partial charge in [-0.1, -0.05) is 23.8 Å². The highest BCUT2D eigenvalue weighted by Gasteiger charge is 2.23. The van der Waals surface area contributed by atoms with Crippen molar-refractivity contribution in [2.75, 3.05) is 11.5 Å². The first-order valence-corrected chi connectivity index (χ1v) is 8.96.